The Kier molecular flexibility index (Phi) is 7.52. The number of urea groups is 1. The number of amides is 2. The van der Waals surface area contributed by atoms with E-state index in [0.717, 1.165) is 19.0 Å². The van der Waals surface area contributed by atoms with Crippen LogP contribution in [-0.2, 0) is 4.79 Å². The van der Waals surface area contributed by atoms with E-state index in [1.54, 1.807) is 11.3 Å². The van der Waals surface area contributed by atoms with Gasteiger partial charge in [-0.1, -0.05) is 13.0 Å². The van der Waals surface area contributed by atoms with Crippen molar-refractivity contribution in [3.05, 3.63) is 22.4 Å². The highest BCUT2D eigenvalue weighted by Gasteiger charge is 2.25. The van der Waals surface area contributed by atoms with Crippen LogP contribution in [0.2, 0.25) is 0 Å². The predicted molar refractivity (Wildman–Crippen MR) is 95.3 cm³/mol. The van der Waals surface area contributed by atoms with Gasteiger partial charge in [0.15, 0.2) is 0 Å². The summed E-state index contributed by atoms with van der Waals surface area (Å²) < 4.78 is 0. The first-order valence-electron chi connectivity index (χ1n) is 8.57. The quantitative estimate of drug-likeness (QED) is 0.628. The second-order valence-electron chi connectivity index (χ2n) is 6.38. The zero-order chi connectivity index (χ0) is 17.4. The number of hydrogen-bond donors (Lipinski definition) is 3. The Morgan fingerprint density at radius 1 is 1.38 bits per heavy atom. The summed E-state index contributed by atoms with van der Waals surface area (Å²) in [6, 6.07) is 4.15. The molecule has 0 spiro atoms. The molecule has 3 N–H and O–H groups in total. The standard InChI is InChI=1S/C17H27N3O3S/c1-13-6-9-20(10-7-13)14(15-4-3-11-24-15)12-19-17(23)18-8-2-5-16(21)22/h3-4,11,13-14H,2,5-10,12H2,1H3,(H,21,22)(H2,18,19,23). The largest absolute Gasteiger partial charge is 0.481 e. The summed E-state index contributed by atoms with van der Waals surface area (Å²) in [5.41, 5.74) is 0. The van der Waals surface area contributed by atoms with Crippen molar-refractivity contribution in [3.63, 3.8) is 0 Å². The highest BCUT2D eigenvalue weighted by molar-refractivity contribution is 7.10. The molecule has 1 aromatic rings. The zero-order valence-corrected chi connectivity index (χ0v) is 15.0. The van der Waals surface area contributed by atoms with Crippen molar-refractivity contribution in [2.75, 3.05) is 26.2 Å². The minimum atomic E-state index is -0.839. The number of hydrogen-bond acceptors (Lipinski definition) is 4. The number of carbonyl (C=O) groups is 2. The number of aliphatic carboxylic acids is 1. The third-order valence-electron chi connectivity index (χ3n) is 4.44. The first-order valence-corrected chi connectivity index (χ1v) is 9.45. The molecule has 1 saturated heterocycles. The average molecular weight is 353 g/mol. The van der Waals surface area contributed by atoms with Gasteiger partial charge in [0.25, 0.3) is 0 Å². The molecule has 1 aromatic heterocycles. The van der Waals surface area contributed by atoms with Crippen LogP contribution in [-0.4, -0.2) is 48.2 Å². The molecule has 0 aliphatic carbocycles. The van der Waals surface area contributed by atoms with Crippen molar-refractivity contribution >= 4 is 23.3 Å². The topological polar surface area (TPSA) is 81.7 Å². The molecule has 7 heteroatoms. The molecule has 2 amide bonds. The van der Waals surface area contributed by atoms with Crippen LogP contribution >= 0.6 is 11.3 Å². The maximum atomic E-state index is 11.9. The lowest BCUT2D eigenvalue weighted by Crippen LogP contribution is -2.44. The van der Waals surface area contributed by atoms with Gasteiger partial charge in [0.2, 0.25) is 0 Å². The third-order valence-corrected chi connectivity index (χ3v) is 5.41. The van der Waals surface area contributed by atoms with E-state index in [0.29, 0.717) is 19.5 Å². The molecule has 1 fully saturated rings. The summed E-state index contributed by atoms with van der Waals surface area (Å²) in [6.45, 7) is 5.36. The van der Waals surface area contributed by atoms with E-state index in [2.05, 4.69) is 33.9 Å². The number of thiophene rings is 1. The summed E-state index contributed by atoms with van der Waals surface area (Å²) in [4.78, 5) is 26.1. The lowest BCUT2D eigenvalue weighted by atomic mass is 9.97. The minimum Gasteiger partial charge on any atom is -0.481 e. The monoisotopic (exact) mass is 353 g/mol. The van der Waals surface area contributed by atoms with E-state index in [1.165, 1.54) is 17.7 Å². The van der Waals surface area contributed by atoms with E-state index < -0.39 is 5.97 Å². The number of carboxylic acid groups (broad SMARTS) is 1. The van der Waals surface area contributed by atoms with Gasteiger partial charge in [-0.2, -0.15) is 0 Å². The summed E-state index contributed by atoms with van der Waals surface area (Å²) in [7, 11) is 0. The average Bonchev–Trinajstić information content (AvgIpc) is 3.07. The fourth-order valence-corrected chi connectivity index (χ4v) is 3.79. The normalized spacial score (nSPS) is 17.4. The van der Waals surface area contributed by atoms with Crippen molar-refractivity contribution in [1.82, 2.24) is 15.5 Å². The van der Waals surface area contributed by atoms with Gasteiger partial charge in [0, 0.05) is 24.4 Å². The Labute approximate surface area is 147 Å². The van der Waals surface area contributed by atoms with Crippen molar-refractivity contribution in [2.24, 2.45) is 5.92 Å². The molecule has 0 aromatic carbocycles. The fourth-order valence-electron chi connectivity index (χ4n) is 2.92. The fraction of sp³-hybridized carbons (Fsp3) is 0.647. The van der Waals surface area contributed by atoms with E-state index in [1.807, 2.05) is 6.07 Å². The SMILES string of the molecule is CC1CCN(C(CNC(=O)NCCCC(=O)O)c2cccs2)CC1. The number of likely N-dealkylation sites (tertiary alicyclic amines) is 1. The number of nitrogens with one attached hydrogen (secondary N) is 2. The van der Waals surface area contributed by atoms with Crippen LogP contribution in [0, 0.1) is 5.92 Å². The number of piperidine rings is 1. The molecule has 0 bridgehead atoms. The first-order chi connectivity index (χ1) is 11.6. The second-order valence-corrected chi connectivity index (χ2v) is 7.36. The van der Waals surface area contributed by atoms with Crippen molar-refractivity contribution in [2.45, 2.75) is 38.6 Å². The Morgan fingerprint density at radius 2 is 2.12 bits per heavy atom. The molecular formula is C17H27N3O3S. The van der Waals surface area contributed by atoms with Gasteiger partial charge in [0.1, 0.15) is 0 Å². The number of carboxylic acids is 1. The van der Waals surface area contributed by atoms with Crippen LogP contribution in [0.25, 0.3) is 0 Å². The minimum absolute atomic E-state index is 0.0735. The van der Waals surface area contributed by atoms with Crippen LogP contribution in [0.15, 0.2) is 17.5 Å². The van der Waals surface area contributed by atoms with Crippen molar-refractivity contribution < 1.29 is 14.7 Å². The molecule has 2 heterocycles. The predicted octanol–water partition coefficient (Wildman–Crippen LogP) is 2.69. The molecule has 134 valence electrons. The molecule has 1 aliphatic rings. The van der Waals surface area contributed by atoms with E-state index in [9.17, 15) is 9.59 Å². The second kappa shape index (κ2) is 9.64. The smallest absolute Gasteiger partial charge is 0.314 e. The highest BCUT2D eigenvalue weighted by atomic mass is 32.1. The van der Waals surface area contributed by atoms with Gasteiger partial charge in [-0.25, -0.2) is 4.79 Å². The van der Waals surface area contributed by atoms with Crippen LogP contribution < -0.4 is 10.6 Å². The summed E-state index contributed by atoms with van der Waals surface area (Å²) in [5.74, 6) is -0.0648. The Morgan fingerprint density at radius 3 is 2.75 bits per heavy atom. The third kappa shape index (κ3) is 6.13. The van der Waals surface area contributed by atoms with Crippen LogP contribution in [0.4, 0.5) is 4.79 Å². The van der Waals surface area contributed by atoms with Gasteiger partial charge >= 0.3 is 12.0 Å². The molecule has 1 atom stereocenters. The molecular weight excluding hydrogens is 326 g/mol. The molecule has 0 saturated carbocycles. The van der Waals surface area contributed by atoms with Crippen LogP contribution in [0.5, 0.6) is 0 Å². The molecule has 0 radical (unpaired) electrons. The summed E-state index contributed by atoms with van der Waals surface area (Å²) in [6.07, 6.45) is 2.91. The van der Waals surface area contributed by atoms with E-state index >= 15 is 0 Å². The number of carbonyl (C=O) groups excluding carboxylic acids is 1. The van der Waals surface area contributed by atoms with Crippen LogP contribution in [0.3, 0.4) is 0 Å². The van der Waals surface area contributed by atoms with Gasteiger partial charge in [-0.3, -0.25) is 9.69 Å². The highest BCUT2D eigenvalue weighted by Crippen LogP contribution is 2.28. The number of rotatable bonds is 8. The first kappa shape index (κ1) is 18.7. The number of nitrogens with zero attached hydrogens (tertiary/aromatic N) is 1. The Hall–Kier alpha value is -1.60. The molecule has 1 aliphatic heterocycles. The van der Waals surface area contributed by atoms with Gasteiger partial charge in [0.05, 0.1) is 6.04 Å². The Bertz CT molecular complexity index is 513. The lowest BCUT2D eigenvalue weighted by Gasteiger charge is -2.36. The zero-order valence-electron chi connectivity index (χ0n) is 14.2. The maximum absolute atomic E-state index is 11.9. The van der Waals surface area contributed by atoms with Gasteiger partial charge in [-0.15, -0.1) is 11.3 Å². The summed E-state index contributed by atoms with van der Waals surface area (Å²) in [5, 5.41) is 16.3. The molecule has 2 rings (SSSR count). The van der Waals surface area contributed by atoms with Crippen LogP contribution in [0.1, 0.15) is 43.5 Å². The molecule has 24 heavy (non-hydrogen) atoms. The maximum Gasteiger partial charge on any atom is 0.314 e. The van der Waals surface area contributed by atoms with Crippen molar-refractivity contribution in [3.8, 4) is 0 Å². The molecule has 6 nitrogen and oxygen atoms in total. The van der Waals surface area contributed by atoms with Gasteiger partial charge < -0.3 is 15.7 Å². The summed E-state index contributed by atoms with van der Waals surface area (Å²) >= 11 is 1.72. The van der Waals surface area contributed by atoms with Gasteiger partial charge in [-0.05, 0) is 49.7 Å². The van der Waals surface area contributed by atoms with E-state index in [-0.39, 0.29) is 18.5 Å². The molecule has 1 unspecified atom stereocenters. The Balaban J connectivity index is 1.80. The lowest BCUT2D eigenvalue weighted by molar-refractivity contribution is -0.137. The van der Waals surface area contributed by atoms with Crippen molar-refractivity contribution in [1.29, 1.82) is 0 Å². The van der Waals surface area contributed by atoms with E-state index in [4.69, 9.17) is 5.11 Å².